The summed E-state index contributed by atoms with van der Waals surface area (Å²) in [5.74, 6) is 0.0903. The van der Waals surface area contributed by atoms with E-state index in [0.29, 0.717) is 17.9 Å². The number of hydrogen-bond donors (Lipinski definition) is 2. The van der Waals surface area contributed by atoms with E-state index in [4.69, 9.17) is 5.73 Å². The molecule has 0 radical (unpaired) electrons. The number of sulfonamides is 1. The highest BCUT2D eigenvalue weighted by Gasteiger charge is 2.21. The number of amides is 1. The van der Waals surface area contributed by atoms with Crippen LogP contribution in [0.2, 0.25) is 0 Å². The maximum Gasteiger partial charge on any atom is 0.253 e. The molecule has 1 atom stereocenters. The molecule has 6 nitrogen and oxygen atoms in total. The Kier molecular flexibility index (Phi) is 8.76. The van der Waals surface area contributed by atoms with Crippen LogP contribution in [0, 0.1) is 5.92 Å². The number of nitrogens with zero attached hydrogens (tertiary/aromatic N) is 1. The summed E-state index contributed by atoms with van der Waals surface area (Å²) < 4.78 is 27.5. The molecule has 0 fully saturated rings. The smallest absolute Gasteiger partial charge is 0.253 e. The maximum atomic E-state index is 12.4. The summed E-state index contributed by atoms with van der Waals surface area (Å²) >= 11 is 0. The SMILES string of the molecule is CC(C)CC(CN)NS(=O)(=O)c1cccc(C(=O)N(C)C)c1.Cl. The third kappa shape index (κ3) is 6.47. The Labute approximate surface area is 144 Å². The van der Waals surface area contributed by atoms with Gasteiger partial charge in [0, 0.05) is 32.2 Å². The van der Waals surface area contributed by atoms with Crippen molar-refractivity contribution in [3.8, 4) is 0 Å². The van der Waals surface area contributed by atoms with Crippen molar-refractivity contribution in [2.75, 3.05) is 20.6 Å². The lowest BCUT2D eigenvalue weighted by atomic mass is 10.1. The van der Waals surface area contributed by atoms with Gasteiger partial charge in [0.1, 0.15) is 0 Å². The molecule has 3 N–H and O–H groups in total. The fourth-order valence-electron chi connectivity index (χ4n) is 2.10. The van der Waals surface area contributed by atoms with Crippen molar-refractivity contribution >= 4 is 28.3 Å². The first kappa shape index (κ1) is 21.9. The van der Waals surface area contributed by atoms with Gasteiger partial charge in [-0.1, -0.05) is 19.9 Å². The van der Waals surface area contributed by atoms with Crippen LogP contribution < -0.4 is 10.5 Å². The van der Waals surface area contributed by atoms with E-state index in [1.54, 1.807) is 26.2 Å². The molecule has 1 amide bonds. The number of hydrogen-bond acceptors (Lipinski definition) is 4. The lowest BCUT2D eigenvalue weighted by Gasteiger charge is -2.19. The maximum absolute atomic E-state index is 12.4. The number of benzene rings is 1. The first-order valence-electron chi connectivity index (χ1n) is 7.21. The summed E-state index contributed by atoms with van der Waals surface area (Å²) in [6, 6.07) is 5.69. The Morgan fingerprint density at radius 3 is 2.39 bits per heavy atom. The van der Waals surface area contributed by atoms with Gasteiger partial charge in [0.2, 0.25) is 10.0 Å². The minimum Gasteiger partial charge on any atom is -0.345 e. The van der Waals surface area contributed by atoms with Crippen molar-refractivity contribution in [2.45, 2.75) is 31.2 Å². The molecule has 0 saturated carbocycles. The second-order valence-electron chi connectivity index (χ2n) is 5.91. The summed E-state index contributed by atoms with van der Waals surface area (Å²) in [6.45, 7) is 4.24. The zero-order chi connectivity index (χ0) is 16.9. The zero-order valence-corrected chi connectivity index (χ0v) is 15.6. The average molecular weight is 364 g/mol. The number of nitrogens with two attached hydrogens (primary N) is 1. The molecule has 0 aliphatic carbocycles. The first-order chi connectivity index (χ1) is 10.2. The van der Waals surface area contributed by atoms with E-state index in [0.717, 1.165) is 0 Å². The highest BCUT2D eigenvalue weighted by molar-refractivity contribution is 7.89. The van der Waals surface area contributed by atoms with Crippen LogP contribution in [0.1, 0.15) is 30.6 Å². The molecule has 0 heterocycles. The highest BCUT2D eigenvalue weighted by atomic mass is 35.5. The standard InChI is InChI=1S/C15H25N3O3S.ClH/c1-11(2)8-13(10-16)17-22(20,21)14-7-5-6-12(9-14)15(19)18(3)4;/h5-7,9,11,13,17H,8,10,16H2,1-4H3;1H. The summed E-state index contributed by atoms with van der Waals surface area (Å²) in [7, 11) is -0.460. The zero-order valence-electron chi connectivity index (χ0n) is 13.9. The van der Waals surface area contributed by atoms with Gasteiger partial charge in [-0.05, 0) is 30.5 Å². The van der Waals surface area contributed by atoms with Crippen molar-refractivity contribution in [1.82, 2.24) is 9.62 Å². The van der Waals surface area contributed by atoms with Crippen LogP contribution in [-0.2, 0) is 10.0 Å². The predicted octanol–water partition coefficient (Wildman–Crippen LogP) is 1.46. The highest BCUT2D eigenvalue weighted by Crippen LogP contribution is 2.14. The molecule has 1 unspecified atom stereocenters. The van der Waals surface area contributed by atoms with Crippen molar-refractivity contribution in [2.24, 2.45) is 11.7 Å². The molecule has 8 heteroatoms. The fourth-order valence-corrected chi connectivity index (χ4v) is 3.41. The van der Waals surface area contributed by atoms with Gasteiger partial charge in [0.25, 0.3) is 5.91 Å². The quantitative estimate of drug-likeness (QED) is 0.767. The van der Waals surface area contributed by atoms with Crippen LogP contribution in [0.5, 0.6) is 0 Å². The normalized spacial score (nSPS) is 12.6. The van der Waals surface area contributed by atoms with E-state index in [2.05, 4.69) is 4.72 Å². The molecule has 0 aliphatic rings. The van der Waals surface area contributed by atoms with Crippen LogP contribution in [0.4, 0.5) is 0 Å². The molecule has 0 aromatic heterocycles. The van der Waals surface area contributed by atoms with Gasteiger partial charge < -0.3 is 10.6 Å². The Bertz CT molecular complexity index is 618. The lowest BCUT2D eigenvalue weighted by Crippen LogP contribution is -2.41. The van der Waals surface area contributed by atoms with Crippen LogP contribution in [0.25, 0.3) is 0 Å². The third-order valence-corrected chi connectivity index (χ3v) is 4.68. The number of rotatable bonds is 7. The van der Waals surface area contributed by atoms with E-state index < -0.39 is 10.0 Å². The molecule has 1 aromatic carbocycles. The molecule has 132 valence electrons. The van der Waals surface area contributed by atoms with E-state index in [-0.39, 0.29) is 35.8 Å². The molecule has 0 saturated heterocycles. The third-order valence-electron chi connectivity index (χ3n) is 3.16. The number of nitrogens with one attached hydrogen (secondary N) is 1. The topological polar surface area (TPSA) is 92.5 Å². The van der Waals surface area contributed by atoms with Crippen LogP contribution >= 0.6 is 12.4 Å². The number of carbonyl (C=O) groups is 1. The van der Waals surface area contributed by atoms with E-state index in [1.807, 2.05) is 13.8 Å². The van der Waals surface area contributed by atoms with Gasteiger partial charge in [-0.15, -0.1) is 12.4 Å². The van der Waals surface area contributed by atoms with E-state index in [9.17, 15) is 13.2 Å². The lowest BCUT2D eigenvalue weighted by molar-refractivity contribution is 0.0827. The number of halogens is 1. The van der Waals surface area contributed by atoms with Crippen LogP contribution in [0.15, 0.2) is 29.2 Å². The van der Waals surface area contributed by atoms with Gasteiger partial charge in [-0.25, -0.2) is 13.1 Å². The van der Waals surface area contributed by atoms with E-state index in [1.165, 1.54) is 17.0 Å². The van der Waals surface area contributed by atoms with Crippen molar-refractivity contribution in [3.05, 3.63) is 29.8 Å². The first-order valence-corrected chi connectivity index (χ1v) is 8.69. The summed E-state index contributed by atoms with van der Waals surface area (Å²) in [5.41, 5.74) is 5.97. The van der Waals surface area contributed by atoms with Gasteiger partial charge in [-0.2, -0.15) is 0 Å². The van der Waals surface area contributed by atoms with E-state index >= 15 is 0 Å². The Hall–Kier alpha value is -1.15. The predicted molar refractivity (Wildman–Crippen MR) is 94.3 cm³/mol. The van der Waals surface area contributed by atoms with Crippen LogP contribution in [0.3, 0.4) is 0 Å². The fraction of sp³-hybridized carbons (Fsp3) is 0.533. The largest absolute Gasteiger partial charge is 0.345 e. The molecule has 1 aromatic rings. The molecular weight excluding hydrogens is 338 g/mol. The van der Waals surface area contributed by atoms with Crippen molar-refractivity contribution in [1.29, 1.82) is 0 Å². The molecule has 1 rings (SSSR count). The summed E-state index contributed by atoms with van der Waals surface area (Å²) in [4.78, 5) is 13.4. The summed E-state index contributed by atoms with van der Waals surface area (Å²) in [6.07, 6.45) is 0.659. The second kappa shape index (κ2) is 9.22. The second-order valence-corrected chi connectivity index (χ2v) is 7.62. The Balaban J connectivity index is 0.00000484. The number of carbonyl (C=O) groups excluding carboxylic acids is 1. The van der Waals surface area contributed by atoms with Gasteiger partial charge >= 0.3 is 0 Å². The van der Waals surface area contributed by atoms with Gasteiger partial charge in [-0.3, -0.25) is 4.79 Å². The van der Waals surface area contributed by atoms with Gasteiger partial charge in [0.05, 0.1) is 4.90 Å². The minimum absolute atomic E-state index is 0. The molecule has 0 spiro atoms. The molecule has 23 heavy (non-hydrogen) atoms. The Morgan fingerprint density at radius 2 is 1.91 bits per heavy atom. The van der Waals surface area contributed by atoms with Crippen LogP contribution in [-0.4, -0.2) is 45.9 Å². The molecular formula is C15H26ClN3O3S. The minimum atomic E-state index is -3.70. The van der Waals surface area contributed by atoms with Crippen molar-refractivity contribution < 1.29 is 13.2 Å². The van der Waals surface area contributed by atoms with Gasteiger partial charge in [0.15, 0.2) is 0 Å². The molecule has 0 bridgehead atoms. The Morgan fingerprint density at radius 1 is 1.30 bits per heavy atom. The van der Waals surface area contributed by atoms with Crippen molar-refractivity contribution in [3.63, 3.8) is 0 Å². The summed E-state index contributed by atoms with van der Waals surface area (Å²) in [5, 5.41) is 0. The monoisotopic (exact) mass is 363 g/mol. The average Bonchev–Trinajstić information content (AvgIpc) is 2.45. The molecule has 0 aliphatic heterocycles.